The third kappa shape index (κ3) is 3.81. The van der Waals surface area contributed by atoms with Crippen molar-refractivity contribution >= 4 is 35.3 Å². The van der Waals surface area contributed by atoms with E-state index in [4.69, 9.17) is 0 Å². The van der Waals surface area contributed by atoms with Crippen LogP contribution in [-0.2, 0) is 4.79 Å². The molecule has 1 fully saturated rings. The van der Waals surface area contributed by atoms with Gasteiger partial charge in [0.05, 0.1) is 16.7 Å². The van der Waals surface area contributed by atoms with Crippen LogP contribution in [0.4, 0.5) is 5.69 Å². The minimum Gasteiger partial charge on any atom is -0.325 e. The molecule has 4 nitrogen and oxygen atoms in total. The van der Waals surface area contributed by atoms with E-state index in [1.165, 1.54) is 0 Å². The van der Waals surface area contributed by atoms with E-state index in [-0.39, 0.29) is 24.4 Å². The Morgan fingerprint density at radius 1 is 1.38 bits per heavy atom. The first-order valence-electron chi connectivity index (χ1n) is 6.79. The zero-order valence-corrected chi connectivity index (χ0v) is 13.4. The molecule has 0 spiro atoms. The van der Waals surface area contributed by atoms with E-state index >= 15 is 0 Å². The summed E-state index contributed by atoms with van der Waals surface area (Å²) in [5.74, 6) is 0.0553. The molecule has 2 aromatic rings. The molecule has 1 saturated heterocycles. The van der Waals surface area contributed by atoms with Gasteiger partial charge in [-0.2, -0.15) is 0 Å². The SMILES string of the molecule is Cc1nc(-c2ccc(NC(=O)[C@@H]3CCCN3)cc2)cs1.Cl. The Hall–Kier alpha value is -1.43. The Morgan fingerprint density at radius 3 is 2.71 bits per heavy atom. The number of anilines is 1. The molecule has 1 aromatic carbocycles. The van der Waals surface area contributed by atoms with E-state index < -0.39 is 0 Å². The molecule has 2 heterocycles. The second-order valence-corrected chi connectivity index (χ2v) is 6.03. The molecule has 0 bridgehead atoms. The maximum Gasteiger partial charge on any atom is 0.241 e. The number of nitrogens with zero attached hydrogens (tertiary/aromatic N) is 1. The van der Waals surface area contributed by atoms with Crippen molar-refractivity contribution in [2.24, 2.45) is 0 Å². The molecule has 0 saturated carbocycles. The topological polar surface area (TPSA) is 54.0 Å². The van der Waals surface area contributed by atoms with Crippen LogP contribution in [0.15, 0.2) is 29.6 Å². The first-order chi connectivity index (χ1) is 9.72. The van der Waals surface area contributed by atoms with Crippen LogP contribution in [0.2, 0.25) is 0 Å². The molecule has 1 atom stereocenters. The first-order valence-corrected chi connectivity index (χ1v) is 7.67. The van der Waals surface area contributed by atoms with Gasteiger partial charge in [-0.1, -0.05) is 12.1 Å². The Morgan fingerprint density at radius 2 is 2.14 bits per heavy atom. The third-order valence-corrected chi connectivity index (χ3v) is 4.22. The molecule has 1 aromatic heterocycles. The number of nitrogens with one attached hydrogen (secondary N) is 2. The Bertz CT molecular complexity index is 606. The summed E-state index contributed by atoms with van der Waals surface area (Å²) < 4.78 is 0. The molecule has 112 valence electrons. The van der Waals surface area contributed by atoms with Gasteiger partial charge in [0.1, 0.15) is 0 Å². The quantitative estimate of drug-likeness (QED) is 0.911. The fourth-order valence-corrected chi connectivity index (χ4v) is 2.98. The number of hydrogen-bond acceptors (Lipinski definition) is 4. The number of carbonyl (C=O) groups excluding carboxylic acids is 1. The lowest BCUT2D eigenvalue weighted by molar-refractivity contribution is -0.117. The molecule has 0 unspecified atom stereocenters. The number of thiazole rings is 1. The lowest BCUT2D eigenvalue weighted by Gasteiger charge is -2.11. The second-order valence-electron chi connectivity index (χ2n) is 4.97. The van der Waals surface area contributed by atoms with Gasteiger partial charge in [0.2, 0.25) is 5.91 Å². The lowest BCUT2D eigenvalue weighted by atomic mass is 10.1. The summed E-state index contributed by atoms with van der Waals surface area (Å²) in [6.45, 7) is 2.93. The molecular formula is C15H18ClN3OS. The Balaban J connectivity index is 0.00000161. The molecule has 1 aliphatic rings. The van der Waals surface area contributed by atoms with Crippen molar-refractivity contribution in [1.29, 1.82) is 0 Å². The summed E-state index contributed by atoms with van der Waals surface area (Å²) in [6.07, 6.45) is 1.99. The van der Waals surface area contributed by atoms with Crippen molar-refractivity contribution in [3.63, 3.8) is 0 Å². The third-order valence-electron chi connectivity index (χ3n) is 3.44. The average molecular weight is 324 g/mol. The van der Waals surface area contributed by atoms with Crippen molar-refractivity contribution in [2.75, 3.05) is 11.9 Å². The van der Waals surface area contributed by atoms with Crippen LogP contribution < -0.4 is 10.6 Å². The number of aromatic nitrogens is 1. The molecule has 1 aliphatic heterocycles. The fourth-order valence-electron chi connectivity index (χ4n) is 2.36. The molecule has 6 heteroatoms. The molecule has 0 aliphatic carbocycles. The van der Waals surface area contributed by atoms with Crippen LogP contribution >= 0.6 is 23.7 Å². The van der Waals surface area contributed by atoms with Crippen LogP contribution in [0.5, 0.6) is 0 Å². The number of aryl methyl sites for hydroxylation is 1. The lowest BCUT2D eigenvalue weighted by Crippen LogP contribution is -2.35. The second kappa shape index (κ2) is 7.02. The number of halogens is 1. The first kappa shape index (κ1) is 15.9. The van der Waals surface area contributed by atoms with E-state index in [0.29, 0.717) is 0 Å². The van der Waals surface area contributed by atoms with Gasteiger partial charge in [-0.3, -0.25) is 4.79 Å². The van der Waals surface area contributed by atoms with Gasteiger partial charge in [-0.15, -0.1) is 23.7 Å². The predicted molar refractivity (Wildman–Crippen MR) is 89.2 cm³/mol. The van der Waals surface area contributed by atoms with Crippen molar-refractivity contribution in [3.05, 3.63) is 34.7 Å². The molecule has 1 amide bonds. The van der Waals surface area contributed by atoms with E-state index in [0.717, 1.165) is 41.3 Å². The van der Waals surface area contributed by atoms with Gasteiger partial charge in [0.15, 0.2) is 0 Å². The van der Waals surface area contributed by atoms with Crippen molar-refractivity contribution in [2.45, 2.75) is 25.8 Å². The highest BCUT2D eigenvalue weighted by atomic mass is 35.5. The van der Waals surface area contributed by atoms with Gasteiger partial charge >= 0.3 is 0 Å². The summed E-state index contributed by atoms with van der Waals surface area (Å²) in [7, 11) is 0. The summed E-state index contributed by atoms with van der Waals surface area (Å²) in [6, 6.07) is 7.79. The summed E-state index contributed by atoms with van der Waals surface area (Å²) in [4.78, 5) is 16.4. The number of hydrogen-bond donors (Lipinski definition) is 2. The van der Waals surface area contributed by atoms with Crippen molar-refractivity contribution in [3.8, 4) is 11.3 Å². The summed E-state index contributed by atoms with van der Waals surface area (Å²) in [5.41, 5.74) is 2.90. The van der Waals surface area contributed by atoms with E-state index in [1.807, 2.05) is 36.6 Å². The van der Waals surface area contributed by atoms with Crippen LogP contribution in [0.3, 0.4) is 0 Å². The van der Waals surface area contributed by atoms with Gasteiger partial charge in [0, 0.05) is 16.6 Å². The van der Waals surface area contributed by atoms with E-state index in [1.54, 1.807) is 11.3 Å². The van der Waals surface area contributed by atoms with Gasteiger partial charge < -0.3 is 10.6 Å². The summed E-state index contributed by atoms with van der Waals surface area (Å²) in [5, 5.41) is 9.25. The largest absolute Gasteiger partial charge is 0.325 e. The summed E-state index contributed by atoms with van der Waals surface area (Å²) >= 11 is 1.64. The molecule has 3 rings (SSSR count). The highest BCUT2D eigenvalue weighted by Gasteiger charge is 2.21. The maximum absolute atomic E-state index is 12.0. The highest BCUT2D eigenvalue weighted by molar-refractivity contribution is 7.09. The number of carbonyl (C=O) groups is 1. The van der Waals surface area contributed by atoms with Gasteiger partial charge in [0.25, 0.3) is 0 Å². The van der Waals surface area contributed by atoms with Crippen molar-refractivity contribution in [1.82, 2.24) is 10.3 Å². The van der Waals surface area contributed by atoms with Crippen molar-refractivity contribution < 1.29 is 4.79 Å². The number of rotatable bonds is 3. The Labute approximate surface area is 134 Å². The van der Waals surface area contributed by atoms with Gasteiger partial charge in [-0.05, 0) is 38.4 Å². The molecule has 0 radical (unpaired) electrons. The maximum atomic E-state index is 12.0. The normalized spacial score (nSPS) is 17.3. The zero-order chi connectivity index (χ0) is 13.9. The van der Waals surface area contributed by atoms with Gasteiger partial charge in [-0.25, -0.2) is 4.98 Å². The van der Waals surface area contributed by atoms with Crippen LogP contribution in [0.25, 0.3) is 11.3 Å². The van der Waals surface area contributed by atoms with E-state index in [9.17, 15) is 4.79 Å². The predicted octanol–water partition coefficient (Wildman–Crippen LogP) is 3.23. The molecular weight excluding hydrogens is 306 g/mol. The highest BCUT2D eigenvalue weighted by Crippen LogP contribution is 2.23. The number of amides is 1. The monoisotopic (exact) mass is 323 g/mol. The molecule has 21 heavy (non-hydrogen) atoms. The smallest absolute Gasteiger partial charge is 0.241 e. The minimum atomic E-state index is -0.0455. The fraction of sp³-hybridized carbons (Fsp3) is 0.333. The molecule has 2 N–H and O–H groups in total. The van der Waals surface area contributed by atoms with E-state index in [2.05, 4.69) is 15.6 Å². The van der Waals surface area contributed by atoms with Crippen LogP contribution in [0.1, 0.15) is 17.8 Å². The van der Waals surface area contributed by atoms with Crippen LogP contribution in [0, 0.1) is 6.92 Å². The zero-order valence-electron chi connectivity index (χ0n) is 11.8. The average Bonchev–Trinajstić information content (AvgIpc) is 3.10. The standard InChI is InChI=1S/C15H17N3OS.ClH/c1-10-17-14(9-20-10)11-4-6-12(7-5-11)18-15(19)13-3-2-8-16-13;/h4-7,9,13,16H,2-3,8H2,1H3,(H,18,19);1H/t13-;/m0./s1. The minimum absolute atomic E-state index is 0. The number of benzene rings is 1. The Kier molecular flexibility index (Phi) is 5.33. The van der Waals surface area contributed by atoms with Crippen LogP contribution in [-0.4, -0.2) is 23.5 Å².